The third-order valence-corrected chi connectivity index (χ3v) is 2.72. The molecular weight excluding hydrogens is 214 g/mol. The number of nitrogens with zero attached hydrogens (tertiary/aromatic N) is 5. The van der Waals surface area contributed by atoms with Crippen molar-refractivity contribution in [1.29, 1.82) is 5.26 Å². The van der Waals surface area contributed by atoms with Crippen molar-refractivity contribution in [3.8, 4) is 11.9 Å². The van der Waals surface area contributed by atoms with E-state index >= 15 is 0 Å². The molecule has 5 nitrogen and oxygen atoms in total. The van der Waals surface area contributed by atoms with E-state index in [9.17, 15) is 0 Å². The van der Waals surface area contributed by atoms with Crippen molar-refractivity contribution in [2.75, 3.05) is 0 Å². The van der Waals surface area contributed by atoms with Crippen LogP contribution in [0.25, 0.3) is 16.9 Å². The highest BCUT2D eigenvalue weighted by Crippen LogP contribution is 2.19. The summed E-state index contributed by atoms with van der Waals surface area (Å²) in [6.07, 6.45) is 5.28. The molecule has 3 aromatic rings. The summed E-state index contributed by atoms with van der Waals surface area (Å²) < 4.78 is 3.67. The van der Waals surface area contributed by atoms with Crippen LogP contribution < -0.4 is 0 Å². The summed E-state index contributed by atoms with van der Waals surface area (Å²) in [5, 5.41) is 9.02. The fourth-order valence-corrected chi connectivity index (χ4v) is 1.88. The molecular formula is C12H9N5. The van der Waals surface area contributed by atoms with Crippen LogP contribution in [0.1, 0.15) is 5.69 Å². The van der Waals surface area contributed by atoms with Crippen LogP contribution in [0.3, 0.4) is 0 Å². The van der Waals surface area contributed by atoms with E-state index in [0.717, 1.165) is 11.0 Å². The number of pyridine rings is 1. The third-order valence-electron chi connectivity index (χ3n) is 2.72. The highest BCUT2D eigenvalue weighted by Gasteiger charge is 2.10. The minimum absolute atomic E-state index is 0.552. The lowest BCUT2D eigenvalue weighted by atomic mass is 10.3. The Labute approximate surface area is 97.6 Å². The average molecular weight is 223 g/mol. The molecule has 0 amide bonds. The number of aryl methyl sites for hydroxylation is 1. The lowest BCUT2D eigenvalue weighted by molar-refractivity contribution is 0.947. The molecule has 0 aliphatic carbocycles. The van der Waals surface area contributed by atoms with Crippen LogP contribution in [0.2, 0.25) is 0 Å². The molecule has 0 fully saturated rings. The summed E-state index contributed by atoms with van der Waals surface area (Å²) in [6.45, 7) is 0. The zero-order valence-corrected chi connectivity index (χ0v) is 9.20. The smallest absolute Gasteiger partial charge is 0.165 e. The summed E-state index contributed by atoms with van der Waals surface area (Å²) in [7, 11) is 1.93. The van der Waals surface area contributed by atoms with Gasteiger partial charge in [0.15, 0.2) is 5.82 Å². The molecule has 0 saturated carbocycles. The molecule has 0 N–H and O–H groups in total. The van der Waals surface area contributed by atoms with Gasteiger partial charge in [-0.25, -0.2) is 9.97 Å². The number of fused-ring (bicyclic) bond motifs is 1. The van der Waals surface area contributed by atoms with Crippen LogP contribution >= 0.6 is 0 Å². The van der Waals surface area contributed by atoms with E-state index in [1.54, 1.807) is 23.2 Å². The molecule has 3 aromatic heterocycles. The van der Waals surface area contributed by atoms with Gasteiger partial charge in [-0.15, -0.1) is 0 Å². The van der Waals surface area contributed by atoms with Gasteiger partial charge in [0.05, 0.1) is 11.8 Å². The van der Waals surface area contributed by atoms with Gasteiger partial charge in [-0.3, -0.25) is 4.57 Å². The summed E-state index contributed by atoms with van der Waals surface area (Å²) >= 11 is 0. The van der Waals surface area contributed by atoms with E-state index in [1.165, 1.54) is 0 Å². The molecule has 0 aromatic carbocycles. The first kappa shape index (κ1) is 9.60. The van der Waals surface area contributed by atoms with Crippen molar-refractivity contribution in [2.24, 2.45) is 7.05 Å². The minimum atomic E-state index is 0.552. The Morgan fingerprint density at radius 1 is 1.29 bits per heavy atom. The second-order valence-electron chi connectivity index (χ2n) is 3.73. The Balaban J connectivity index is 2.35. The van der Waals surface area contributed by atoms with Crippen molar-refractivity contribution >= 4 is 11.0 Å². The summed E-state index contributed by atoms with van der Waals surface area (Å²) in [4.78, 5) is 8.63. The molecule has 0 radical (unpaired) electrons. The molecule has 0 spiro atoms. The Bertz CT molecular complexity index is 729. The van der Waals surface area contributed by atoms with Gasteiger partial charge in [0, 0.05) is 19.4 Å². The third kappa shape index (κ3) is 1.31. The average Bonchev–Trinajstić information content (AvgIpc) is 2.96. The molecule has 5 heteroatoms. The van der Waals surface area contributed by atoms with Gasteiger partial charge < -0.3 is 4.57 Å². The van der Waals surface area contributed by atoms with Gasteiger partial charge in [0.2, 0.25) is 0 Å². The van der Waals surface area contributed by atoms with E-state index < -0.39 is 0 Å². The zero-order chi connectivity index (χ0) is 11.8. The summed E-state index contributed by atoms with van der Waals surface area (Å²) in [6, 6.07) is 7.61. The Morgan fingerprint density at radius 2 is 2.18 bits per heavy atom. The van der Waals surface area contributed by atoms with E-state index in [1.807, 2.05) is 29.9 Å². The maximum Gasteiger partial charge on any atom is 0.165 e. The van der Waals surface area contributed by atoms with E-state index in [4.69, 9.17) is 5.26 Å². The first-order chi connectivity index (χ1) is 8.31. The van der Waals surface area contributed by atoms with Crippen molar-refractivity contribution in [2.45, 2.75) is 0 Å². The fourth-order valence-electron chi connectivity index (χ4n) is 1.88. The molecule has 0 bridgehead atoms. The van der Waals surface area contributed by atoms with Crippen molar-refractivity contribution in [3.63, 3.8) is 0 Å². The fraction of sp³-hybridized carbons (Fsp3) is 0.0833. The van der Waals surface area contributed by atoms with E-state index in [0.29, 0.717) is 11.5 Å². The molecule has 3 heterocycles. The summed E-state index contributed by atoms with van der Waals surface area (Å²) in [5.74, 6) is 0.685. The van der Waals surface area contributed by atoms with Gasteiger partial charge in [-0.2, -0.15) is 5.26 Å². The first-order valence-corrected chi connectivity index (χ1v) is 5.15. The SMILES string of the molecule is Cn1cnc2c(-n3cccc3C#N)nccc21. The van der Waals surface area contributed by atoms with Crippen LogP contribution in [-0.4, -0.2) is 19.1 Å². The van der Waals surface area contributed by atoms with E-state index in [2.05, 4.69) is 16.0 Å². The quantitative estimate of drug-likeness (QED) is 0.630. The van der Waals surface area contributed by atoms with Crippen molar-refractivity contribution in [1.82, 2.24) is 19.1 Å². The molecule has 0 aliphatic rings. The van der Waals surface area contributed by atoms with Crippen molar-refractivity contribution in [3.05, 3.63) is 42.6 Å². The number of rotatable bonds is 1. The molecule has 0 saturated heterocycles. The van der Waals surface area contributed by atoms with Crippen LogP contribution in [0.4, 0.5) is 0 Å². The predicted molar refractivity (Wildman–Crippen MR) is 62.6 cm³/mol. The second-order valence-corrected chi connectivity index (χ2v) is 3.73. The lowest BCUT2D eigenvalue weighted by Crippen LogP contribution is -1.99. The molecule has 0 aliphatic heterocycles. The van der Waals surface area contributed by atoms with Gasteiger partial charge in [0.25, 0.3) is 0 Å². The van der Waals surface area contributed by atoms with E-state index in [-0.39, 0.29) is 0 Å². The zero-order valence-electron chi connectivity index (χ0n) is 9.20. The maximum atomic E-state index is 9.02. The topological polar surface area (TPSA) is 59.4 Å². The molecule has 17 heavy (non-hydrogen) atoms. The molecule has 3 rings (SSSR count). The summed E-state index contributed by atoms with van der Waals surface area (Å²) in [5.41, 5.74) is 2.34. The number of hydrogen-bond acceptors (Lipinski definition) is 3. The van der Waals surface area contributed by atoms with Gasteiger partial charge >= 0.3 is 0 Å². The Hall–Kier alpha value is -2.61. The van der Waals surface area contributed by atoms with Crippen LogP contribution in [0.15, 0.2) is 36.9 Å². The number of aromatic nitrogens is 4. The maximum absolute atomic E-state index is 9.02. The second kappa shape index (κ2) is 3.46. The normalized spacial score (nSPS) is 10.6. The van der Waals surface area contributed by atoms with Gasteiger partial charge in [-0.05, 0) is 18.2 Å². The highest BCUT2D eigenvalue weighted by molar-refractivity contribution is 5.82. The van der Waals surface area contributed by atoms with Crippen LogP contribution in [0.5, 0.6) is 0 Å². The van der Waals surface area contributed by atoms with Crippen LogP contribution in [0, 0.1) is 11.3 Å². The molecule has 0 atom stereocenters. The van der Waals surface area contributed by atoms with Gasteiger partial charge in [-0.1, -0.05) is 0 Å². The first-order valence-electron chi connectivity index (χ1n) is 5.15. The van der Waals surface area contributed by atoms with Crippen molar-refractivity contribution < 1.29 is 0 Å². The minimum Gasteiger partial charge on any atom is -0.334 e. The largest absolute Gasteiger partial charge is 0.334 e. The van der Waals surface area contributed by atoms with Crippen LogP contribution in [-0.2, 0) is 7.05 Å². The number of hydrogen-bond donors (Lipinski definition) is 0. The molecule has 82 valence electrons. The monoisotopic (exact) mass is 223 g/mol. The lowest BCUT2D eigenvalue weighted by Gasteiger charge is -2.04. The Kier molecular flexibility index (Phi) is 1.95. The van der Waals surface area contributed by atoms with Gasteiger partial charge in [0.1, 0.15) is 17.3 Å². The molecule has 0 unspecified atom stereocenters. The number of nitriles is 1. The Morgan fingerprint density at radius 3 is 3.00 bits per heavy atom. The standard InChI is InChI=1S/C12H9N5/c1-16-8-15-11-10(16)4-5-14-12(11)17-6-2-3-9(17)7-13/h2-6,8H,1H3. The number of imidazole rings is 1. The highest BCUT2D eigenvalue weighted by atomic mass is 15.1. The predicted octanol–water partition coefficient (Wildman–Crippen LogP) is 1.63.